The lowest BCUT2D eigenvalue weighted by Gasteiger charge is -2.16. The van der Waals surface area contributed by atoms with E-state index in [4.69, 9.17) is 4.74 Å². The van der Waals surface area contributed by atoms with E-state index in [9.17, 15) is 22.4 Å². The van der Waals surface area contributed by atoms with Crippen LogP contribution in [-0.2, 0) is 24.1 Å². The predicted molar refractivity (Wildman–Crippen MR) is 88.6 cm³/mol. The summed E-state index contributed by atoms with van der Waals surface area (Å²) in [6.45, 7) is 1.51. The third kappa shape index (κ3) is 3.64. The van der Waals surface area contributed by atoms with Gasteiger partial charge in [0.05, 0.1) is 7.11 Å². The molecule has 0 saturated carbocycles. The SMILES string of the molecule is COc1ccc(C(C)NS(=O)(=O)c2cn(C)c(=O)n(C)c2=O)cc1F. The molecule has 136 valence electrons. The fourth-order valence-corrected chi connectivity index (χ4v) is 3.67. The number of benzene rings is 1. The van der Waals surface area contributed by atoms with Gasteiger partial charge in [0.1, 0.15) is 0 Å². The fourth-order valence-electron chi connectivity index (χ4n) is 2.28. The van der Waals surface area contributed by atoms with Gasteiger partial charge in [-0.2, -0.15) is 0 Å². The van der Waals surface area contributed by atoms with Gasteiger partial charge >= 0.3 is 5.69 Å². The molecule has 1 heterocycles. The van der Waals surface area contributed by atoms with Crippen LogP contribution >= 0.6 is 0 Å². The van der Waals surface area contributed by atoms with Crippen LogP contribution < -0.4 is 20.7 Å². The highest BCUT2D eigenvalue weighted by Gasteiger charge is 2.24. The topological polar surface area (TPSA) is 99.4 Å². The first-order chi connectivity index (χ1) is 11.6. The molecule has 1 unspecified atom stereocenters. The van der Waals surface area contributed by atoms with Gasteiger partial charge in [-0.3, -0.25) is 9.36 Å². The summed E-state index contributed by atoms with van der Waals surface area (Å²) >= 11 is 0. The summed E-state index contributed by atoms with van der Waals surface area (Å²) in [6, 6.07) is 3.21. The van der Waals surface area contributed by atoms with Crippen molar-refractivity contribution < 1.29 is 17.5 Å². The summed E-state index contributed by atoms with van der Waals surface area (Å²) in [5.74, 6) is -0.602. The van der Waals surface area contributed by atoms with E-state index >= 15 is 0 Å². The van der Waals surface area contributed by atoms with Gasteiger partial charge < -0.3 is 9.30 Å². The molecule has 0 saturated heterocycles. The molecule has 0 aliphatic heterocycles. The number of hydrogen-bond acceptors (Lipinski definition) is 5. The van der Waals surface area contributed by atoms with E-state index in [1.807, 2.05) is 0 Å². The van der Waals surface area contributed by atoms with E-state index in [1.54, 1.807) is 0 Å². The van der Waals surface area contributed by atoms with E-state index in [0.29, 0.717) is 10.1 Å². The molecule has 0 bridgehead atoms. The molecular formula is C15H18FN3O5S. The Kier molecular flexibility index (Phi) is 5.14. The van der Waals surface area contributed by atoms with Crippen molar-refractivity contribution in [3.63, 3.8) is 0 Å². The number of aromatic nitrogens is 2. The standard InChI is InChI=1S/C15H18FN3O5S/c1-9(10-5-6-12(24-4)11(16)7-10)17-25(22,23)13-8-18(2)15(21)19(3)14(13)20/h5-9,17H,1-4H3. The molecule has 2 rings (SSSR count). The number of methoxy groups -OCH3 is 1. The number of aryl methyl sites for hydroxylation is 1. The van der Waals surface area contributed by atoms with Crippen molar-refractivity contribution in [3.8, 4) is 5.75 Å². The Hall–Kier alpha value is -2.46. The Balaban J connectivity index is 2.41. The predicted octanol–water partition coefficient (Wildman–Crippen LogP) is 0.271. The van der Waals surface area contributed by atoms with Crippen LogP contribution in [0.1, 0.15) is 18.5 Å². The van der Waals surface area contributed by atoms with Gasteiger partial charge in [-0.15, -0.1) is 0 Å². The highest BCUT2D eigenvalue weighted by Crippen LogP contribution is 2.22. The molecule has 0 radical (unpaired) electrons. The molecule has 0 amide bonds. The fraction of sp³-hybridized carbons (Fsp3) is 0.333. The Bertz CT molecular complexity index is 1030. The second kappa shape index (κ2) is 6.81. The molecule has 2 aromatic rings. The summed E-state index contributed by atoms with van der Waals surface area (Å²) in [5.41, 5.74) is -1.23. The minimum atomic E-state index is -4.23. The van der Waals surface area contributed by atoms with Gasteiger partial charge in [0.15, 0.2) is 16.5 Å². The van der Waals surface area contributed by atoms with Gasteiger partial charge in [0.25, 0.3) is 5.56 Å². The maximum absolute atomic E-state index is 13.8. The highest BCUT2D eigenvalue weighted by atomic mass is 32.2. The van der Waals surface area contributed by atoms with Crippen molar-refractivity contribution in [2.45, 2.75) is 17.9 Å². The lowest BCUT2D eigenvalue weighted by atomic mass is 10.1. The van der Waals surface area contributed by atoms with E-state index in [2.05, 4.69) is 4.72 Å². The third-order valence-corrected chi connectivity index (χ3v) is 5.24. The van der Waals surface area contributed by atoms with E-state index in [1.165, 1.54) is 40.3 Å². The van der Waals surface area contributed by atoms with Crippen LogP contribution in [-0.4, -0.2) is 24.7 Å². The third-order valence-electron chi connectivity index (χ3n) is 3.71. The van der Waals surface area contributed by atoms with Crippen molar-refractivity contribution in [1.29, 1.82) is 0 Å². The summed E-state index contributed by atoms with van der Waals surface area (Å²) in [4.78, 5) is 23.2. The number of nitrogens with one attached hydrogen (secondary N) is 1. The van der Waals surface area contributed by atoms with Crippen LogP contribution in [0.5, 0.6) is 5.75 Å². The summed E-state index contributed by atoms with van der Waals surface area (Å²) in [5, 5.41) is 0. The number of ether oxygens (including phenoxy) is 1. The van der Waals surface area contributed by atoms with Crippen LogP contribution in [0.4, 0.5) is 4.39 Å². The first kappa shape index (κ1) is 18.9. The highest BCUT2D eigenvalue weighted by molar-refractivity contribution is 7.89. The van der Waals surface area contributed by atoms with Crippen LogP contribution in [0, 0.1) is 5.82 Å². The van der Waals surface area contributed by atoms with Crippen molar-refractivity contribution in [2.24, 2.45) is 14.1 Å². The Morgan fingerprint density at radius 2 is 1.88 bits per heavy atom. The molecular weight excluding hydrogens is 353 g/mol. The lowest BCUT2D eigenvalue weighted by Crippen LogP contribution is -2.41. The van der Waals surface area contributed by atoms with Gasteiger partial charge in [-0.25, -0.2) is 22.3 Å². The number of nitrogens with zero attached hydrogens (tertiary/aromatic N) is 2. The zero-order valence-electron chi connectivity index (χ0n) is 14.1. The lowest BCUT2D eigenvalue weighted by molar-refractivity contribution is 0.386. The minimum Gasteiger partial charge on any atom is -0.494 e. The number of rotatable bonds is 5. The Morgan fingerprint density at radius 1 is 1.24 bits per heavy atom. The number of sulfonamides is 1. The van der Waals surface area contributed by atoms with Crippen LogP contribution in [0.3, 0.4) is 0 Å². The van der Waals surface area contributed by atoms with Gasteiger partial charge in [-0.1, -0.05) is 6.07 Å². The minimum absolute atomic E-state index is 0.0331. The molecule has 0 spiro atoms. The first-order valence-corrected chi connectivity index (χ1v) is 8.69. The maximum atomic E-state index is 13.8. The molecule has 10 heteroatoms. The summed E-state index contributed by atoms with van der Waals surface area (Å²) in [7, 11) is -0.383. The molecule has 25 heavy (non-hydrogen) atoms. The quantitative estimate of drug-likeness (QED) is 0.813. The second-order valence-electron chi connectivity index (χ2n) is 5.49. The largest absolute Gasteiger partial charge is 0.494 e. The Morgan fingerprint density at radius 3 is 2.44 bits per heavy atom. The molecule has 0 aliphatic carbocycles. The zero-order chi connectivity index (χ0) is 18.9. The zero-order valence-corrected chi connectivity index (χ0v) is 14.9. The van der Waals surface area contributed by atoms with Crippen molar-refractivity contribution >= 4 is 10.0 Å². The summed E-state index contributed by atoms with van der Waals surface area (Å²) in [6.07, 6.45) is 0.953. The second-order valence-corrected chi connectivity index (χ2v) is 7.17. The van der Waals surface area contributed by atoms with Gasteiger partial charge in [0, 0.05) is 26.3 Å². The smallest absolute Gasteiger partial charge is 0.330 e. The van der Waals surface area contributed by atoms with Crippen LogP contribution in [0.25, 0.3) is 0 Å². The van der Waals surface area contributed by atoms with E-state index in [0.717, 1.165) is 16.8 Å². The first-order valence-electron chi connectivity index (χ1n) is 7.21. The molecule has 1 N–H and O–H groups in total. The maximum Gasteiger partial charge on any atom is 0.330 e. The molecule has 0 aliphatic rings. The van der Waals surface area contributed by atoms with Crippen molar-refractivity contribution in [2.75, 3.05) is 7.11 Å². The van der Waals surface area contributed by atoms with Gasteiger partial charge in [-0.05, 0) is 24.6 Å². The Labute approximate surface area is 143 Å². The van der Waals surface area contributed by atoms with Crippen LogP contribution in [0.15, 0.2) is 38.9 Å². The monoisotopic (exact) mass is 371 g/mol. The molecule has 0 fully saturated rings. The van der Waals surface area contributed by atoms with Gasteiger partial charge in [0.2, 0.25) is 10.0 Å². The molecule has 1 aromatic heterocycles. The summed E-state index contributed by atoms with van der Waals surface area (Å²) < 4.78 is 47.6. The number of hydrogen-bond donors (Lipinski definition) is 1. The van der Waals surface area contributed by atoms with Crippen LogP contribution in [0.2, 0.25) is 0 Å². The molecule has 8 nitrogen and oxygen atoms in total. The average Bonchev–Trinajstić information content (AvgIpc) is 2.55. The van der Waals surface area contributed by atoms with E-state index < -0.39 is 38.0 Å². The normalized spacial score (nSPS) is 12.8. The van der Waals surface area contributed by atoms with E-state index in [-0.39, 0.29) is 5.75 Å². The van der Waals surface area contributed by atoms with Crippen molar-refractivity contribution in [1.82, 2.24) is 13.9 Å². The van der Waals surface area contributed by atoms with Crippen molar-refractivity contribution in [3.05, 3.63) is 56.6 Å². The molecule has 1 aromatic carbocycles. The molecule has 1 atom stereocenters. The average molecular weight is 371 g/mol. The number of halogens is 1.